The van der Waals surface area contributed by atoms with Crippen molar-refractivity contribution in [3.8, 4) is 0 Å². The predicted molar refractivity (Wildman–Crippen MR) is 55.2 cm³/mol. The van der Waals surface area contributed by atoms with Gasteiger partial charge in [0.15, 0.2) is 0 Å². The predicted octanol–water partition coefficient (Wildman–Crippen LogP) is 1.51. The molecule has 0 bridgehead atoms. The Morgan fingerprint density at radius 3 is 2.50 bits per heavy atom. The van der Waals surface area contributed by atoms with Crippen molar-refractivity contribution >= 4 is 5.97 Å². The van der Waals surface area contributed by atoms with Crippen LogP contribution in [0.15, 0.2) is 24.3 Å². The first-order chi connectivity index (χ1) is 6.54. The SMILES string of the molecule is Cc1ccccc1C(C)[C@H](N)C(=O)O. The highest BCUT2D eigenvalue weighted by molar-refractivity contribution is 5.74. The first-order valence-electron chi connectivity index (χ1n) is 4.58. The molecule has 3 N–H and O–H groups in total. The summed E-state index contributed by atoms with van der Waals surface area (Å²) in [5, 5.41) is 8.78. The lowest BCUT2D eigenvalue weighted by Crippen LogP contribution is -2.35. The molecule has 76 valence electrons. The fraction of sp³-hybridized carbons (Fsp3) is 0.364. The zero-order valence-corrected chi connectivity index (χ0v) is 8.40. The van der Waals surface area contributed by atoms with Crippen LogP contribution in [0.2, 0.25) is 0 Å². The van der Waals surface area contributed by atoms with E-state index in [0.717, 1.165) is 11.1 Å². The third kappa shape index (κ3) is 2.12. The topological polar surface area (TPSA) is 63.3 Å². The van der Waals surface area contributed by atoms with Crippen LogP contribution in [0.25, 0.3) is 0 Å². The highest BCUT2D eigenvalue weighted by atomic mass is 16.4. The van der Waals surface area contributed by atoms with E-state index in [1.807, 2.05) is 38.1 Å². The minimum Gasteiger partial charge on any atom is -0.480 e. The summed E-state index contributed by atoms with van der Waals surface area (Å²) in [6.07, 6.45) is 0. The Bertz CT molecular complexity index is 336. The summed E-state index contributed by atoms with van der Waals surface area (Å²) in [6.45, 7) is 3.79. The fourth-order valence-corrected chi connectivity index (χ4v) is 1.50. The van der Waals surface area contributed by atoms with Gasteiger partial charge in [-0.1, -0.05) is 31.2 Å². The van der Waals surface area contributed by atoms with Gasteiger partial charge in [-0.05, 0) is 18.1 Å². The number of carbonyl (C=O) groups is 1. The Kier molecular flexibility index (Phi) is 3.25. The van der Waals surface area contributed by atoms with Crippen LogP contribution >= 0.6 is 0 Å². The third-order valence-corrected chi connectivity index (χ3v) is 2.50. The van der Waals surface area contributed by atoms with Crippen molar-refractivity contribution in [1.82, 2.24) is 0 Å². The van der Waals surface area contributed by atoms with E-state index < -0.39 is 12.0 Å². The average molecular weight is 193 g/mol. The van der Waals surface area contributed by atoms with E-state index in [9.17, 15) is 4.79 Å². The molecule has 3 nitrogen and oxygen atoms in total. The number of aryl methyl sites for hydroxylation is 1. The van der Waals surface area contributed by atoms with Gasteiger partial charge < -0.3 is 10.8 Å². The summed E-state index contributed by atoms with van der Waals surface area (Å²) >= 11 is 0. The lowest BCUT2D eigenvalue weighted by molar-refractivity contribution is -0.139. The Hall–Kier alpha value is -1.35. The van der Waals surface area contributed by atoms with E-state index in [4.69, 9.17) is 10.8 Å². The molecule has 0 saturated carbocycles. The number of benzene rings is 1. The monoisotopic (exact) mass is 193 g/mol. The number of carboxylic acids is 1. The largest absolute Gasteiger partial charge is 0.480 e. The van der Waals surface area contributed by atoms with Gasteiger partial charge in [0.25, 0.3) is 0 Å². The van der Waals surface area contributed by atoms with E-state index >= 15 is 0 Å². The van der Waals surface area contributed by atoms with Crippen molar-refractivity contribution < 1.29 is 9.90 Å². The Morgan fingerprint density at radius 2 is 2.00 bits per heavy atom. The summed E-state index contributed by atoms with van der Waals surface area (Å²) in [5.41, 5.74) is 7.64. The van der Waals surface area contributed by atoms with E-state index in [2.05, 4.69) is 0 Å². The highest BCUT2D eigenvalue weighted by Gasteiger charge is 2.22. The maximum atomic E-state index is 10.7. The molecule has 0 heterocycles. The number of nitrogens with two attached hydrogens (primary N) is 1. The van der Waals surface area contributed by atoms with E-state index in [1.54, 1.807) is 0 Å². The van der Waals surface area contributed by atoms with Crippen molar-refractivity contribution in [3.05, 3.63) is 35.4 Å². The minimum atomic E-state index is -0.958. The quantitative estimate of drug-likeness (QED) is 0.764. The molecule has 0 spiro atoms. The lowest BCUT2D eigenvalue weighted by atomic mass is 9.91. The average Bonchev–Trinajstić information content (AvgIpc) is 2.16. The van der Waals surface area contributed by atoms with E-state index in [-0.39, 0.29) is 5.92 Å². The van der Waals surface area contributed by atoms with Crippen LogP contribution in [0.5, 0.6) is 0 Å². The van der Waals surface area contributed by atoms with E-state index in [1.165, 1.54) is 0 Å². The molecule has 1 rings (SSSR count). The van der Waals surface area contributed by atoms with Gasteiger partial charge in [-0.15, -0.1) is 0 Å². The minimum absolute atomic E-state index is 0.159. The lowest BCUT2D eigenvalue weighted by Gasteiger charge is -2.18. The van der Waals surface area contributed by atoms with Gasteiger partial charge in [-0.2, -0.15) is 0 Å². The first kappa shape index (κ1) is 10.7. The third-order valence-electron chi connectivity index (χ3n) is 2.50. The second kappa shape index (κ2) is 4.24. The summed E-state index contributed by atoms with van der Waals surface area (Å²) in [4.78, 5) is 10.7. The van der Waals surface area contributed by atoms with Gasteiger partial charge in [0, 0.05) is 5.92 Å². The standard InChI is InChI=1S/C11H15NO2/c1-7-5-3-4-6-9(7)8(2)10(12)11(13)14/h3-6,8,10H,12H2,1-2H3,(H,13,14)/t8?,10-/m0/s1. The van der Waals surface area contributed by atoms with Crippen LogP contribution in [0.4, 0.5) is 0 Å². The van der Waals surface area contributed by atoms with Crippen molar-refractivity contribution in [2.45, 2.75) is 25.8 Å². The van der Waals surface area contributed by atoms with Gasteiger partial charge in [0.05, 0.1) is 0 Å². The van der Waals surface area contributed by atoms with Crippen molar-refractivity contribution in [2.75, 3.05) is 0 Å². The Balaban J connectivity index is 2.94. The van der Waals surface area contributed by atoms with Gasteiger partial charge in [-0.3, -0.25) is 4.79 Å². The second-order valence-electron chi connectivity index (χ2n) is 3.51. The number of hydrogen-bond donors (Lipinski definition) is 2. The number of hydrogen-bond acceptors (Lipinski definition) is 2. The van der Waals surface area contributed by atoms with Crippen molar-refractivity contribution in [3.63, 3.8) is 0 Å². The molecule has 0 aliphatic rings. The Morgan fingerprint density at radius 1 is 1.43 bits per heavy atom. The van der Waals surface area contributed by atoms with Crippen LogP contribution in [0.3, 0.4) is 0 Å². The molecule has 1 aromatic rings. The molecular formula is C11H15NO2. The molecule has 1 unspecified atom stereocenters. The molecular weight excluding hydrogens is 178 g/mol. The molecule has 14 heavy (non-hydrogen) atoms. The van der Waals surface area contributed by atoms with Gasteiger partial charge in [0.1, 0.15) is 6.04 Å². The molecule has 3 heteroatoms. The summed E-state index contributed by atoms with van der Waals surface area (Å²) < 4.78 is 0. The first-order valence-corrected chi connectivity index (χ1v) is 4.58. The molecule has 0 aromatic heterocycles. The van der Waals surface area contributed by atoms with Crippen LogP contribution in [-0.2, 0) is 4.79 Å². The van der Waals surface area contributed by atoms with Gasteiger partial charge in [-0.25, -0.2) is 0 Å². The summed E-state index contributed by atoms with van der Waals surface area (Å²) in [5.74, 6) is -1.12. The molecule has 1 aromatic carbocycles. The molecule has 0 fully saturated rings. The Labute approximate surface area is 83.6 Å². The number of aliphatic carboxylic acids is 1. The van der Waals surface area contributed by atoms with Gasteiger partial charge in [0.2, 0.25) is 0 Å². The molecule has 0 radical (unpaired) electrons. The van der Waals surface area contributed by atoms with Crippen LogP contribution in [0.1, 0.15) is 24.0 Å². The number of rotatable bonds is 3. The zero-order chi connectivity index (χ0) is 10.7. The molecule has 0 aliphatic heterocycles. The molecule has 0 saturated heterocycles. The maximum Gasteiger partial charge on any atom is 0.321 e. The molecule has 2 atom stereocenters. The number of carboxylic acid groups (broad SMARTS) is 1. The smallest absolute Gasteiger partial charge is 0.321 e. The summed E-state index contributed by atoms with van der Waals surface area (Å²) in [6, 6.07) is 6.87. The molecule has 0 aliphatic carbocycles. The maximum absolute atomic E-state index is 10.7. The van der Waals surface area contributed by atoms with Gasteiger partial charge >= 0.3 is 5.97 Å². The van der Waals surface area contributed by atoms with Crippen LogP contribution in [-0.4, -0.2) is 17.1 Å². The van der Waals surface area contributed by atoms with Crippen molar-refractivity contribution in [2.24, 2.45) is 5.73 Å². The van der Waals surface area contributed by atoms with Crippen molar-refractivity contribution in [1.29, 1.82) is 0 Å². The normalized spacial score (nSPS) is 14.8. The molecule has 0 amide bonds. The highest BCUT2D eigenvalue weighted by Crippen LogP contribution is 2.21. The summed E-state index contributed by atoms with van der Waals surface area (Å²) in [7, 11) is 0. The second-order valence-corrected chi connectivity index (χ2v) is 3.51. The fourth-order valence-electron chi connectivity index (χ4n) is 1.50. The van der Waals surface area contributed by atoms with Crippen LogP contribution < -0.4 is 5.73 Å². The van der Waals surface area contributed by atoms with E-state index in [0.29, 0.717) is 0 Å². The van der Waals surface area contributed by atoms with Crippen LogP contribution in [0, 0.1) is 6.92 Å². The zero-order valence-electron chi connectivity index (χ0n) is 8.40.